The smallest absolute Gasteiger partial charge is 0.251 e. The van der Waals surface area contributed by atoms with Crippen LogP contribution in [0.4, 0.5) is 34.5 Å². The number of aryl methyl sites for hydroxylation is 1. The van der Waals surface area contributed by atoms with E-state index >= 15 is 0 Å². The van der Waals surface area contributed by atoms with E-state index in [2.05, 4.69) is 242 Å². The number of aromatic nitrogens is 30. The lowest BCUT2D eigenvalue weighted by Gasteiger charge is -2.11. The number of nitrogens with two attached hydrogens (primary N) is 6. The van der Waals surface area contributed by atoms with Gasteiger partial charge in [-0.15, -0.1) is 10.2 Å². The van der Waals surface area contributed by atoms with Crippen LogP contribution < -0.4 is 39.3 Å². The van der Waals surface area contributed by atoms with Gasteiger partial charge in [-0.25, -0.2) is 79.1 Å². The minimum absolute atomic E-state index is 0. The summed E-state index contributed by atoms with van der Waals surface area (Å²) >= 11 is 0. The molecule has 19 aromatic rings. The van der Waals surface area contributed by atoms with Gasteiger partial charge in [0.15, 0.2) is 34.2 Å². The number of carbonyl (C=O) groups is 3. The number of amides is 1. The number of benzene rings is 3. The first-order valence-electron chi connectivity index (χ1n) is 45.8. The van der Waals surface area contributed by atoms with Crippen LogP contribution in [0.2, 0.25) is 0 Å². The molecule has 0 radical (unpaired) electrons. The van der Waals surface area contributed by atoms with E-state index in [1.807, 2.05) is 185 Å². The van der Waals surface area contributed by atoms with E-state index < -0.39 is 5.91 Å². The summed E-state index contributed by atoms with van der Waals surface area (Å²) in [6, 6.07) is 31.4. The van der Waals surface area contributed by atoms with Crippen molar-refractivity contribution in [2.45, 2.75) is 247 Å². The highest BCUT2D eigenvalue weighted by atomic mass is 16.1. The molecule has 3 aromatic carbocycles. The Hall–Kier alpha value is -15.8. The minimum atomic E-state index is -0.433. The fourth-order valence-electron chi connectivity index (χ4n) is 13.4. The van der Waals surface area contributed by atoms with Crippen molar-refractivity contribution in [1.82, 2.24) is 146 Å². The quantitative estimate of drug-likeness (QED) is 0.0410. The van der Waals surface area contributed by atoms with Crippen molar-refractivity contribution in [3.8, 4) is 0 Å². The number of fused-ring (bicyclic) bond motifs is 8. The molecule has 0 aliphatic heterocycles. The molecule has 0 saturated carbocycles. The van der Waals surface area contributed by atoms with Gasteiger partial charge in [0.1, 0.15) is 62.9 Å². The molecule has 19 rings (SSSR count). The van der Waals surface area contributed by atoms with E-state index in [1.54, 1.807) is 76.1 Å². The summed E-state index contributed by atoms with van der Waals surface area (Å²) in [7, 11) is 3.86. The molecular weight excluding hydrogens is 1760 g/mol. The van der Waals surface area contributed by atoms with Gasteiger partial charge in [0.2, 0.25) is 11.8 Å². The molecule has 1 amide bonds. The number of nitrogens with zero attached hydrogens (tertiary/aromatic N) is 31. The van der Waals surface area contributed by atoms with Crippen LogP contribution in [0, 0.1) is 6.92 Å². The van der Waals surface area contributed by atoms with Crippen LogP contribution in [0.25, 0.3) is 88.8 Å². The molecule has 139 heavy (non-hydrogen) atoms. The number of hydrogen-bond donors (Lipinski definition) is 6. The van der Waals surface area contributed by atoms with Crippen LogP contribution in [-0.2, 0) is 0 Å². The zero-order valence-electron chi connectivity index (χ0n) is 84.3. The molecule has 0 bridgehead atoms. The highest BCUT2D eigenvalue weighted by Gasteiger charge is 2.17. The van der Waals surface area contributed by atoms with Crippen molar-refractivity contribution in [2.75, 3.05) is 47.7 Å². The highest BCUT2D eigenvalue weighted by Crippen LogP contribution is 2.28. The van der Waals surface area contributed by atoms with E-state index in [-0.39, 0.29) is 37.1 Å². The maximum absolute atomic E-state index is 10.8. The molecule has 0 saturated heterocycles. The summed E-state index contributed by atoms with van der Waals surface area (Å²) in [5, 5.41) is 16.3. The number of primary amides is 1. The van der Waals surface area contributed by atoms with E-state index in [4.69, 9.17) is 34.4 Å². The van der Waals surface area contributed by atoms with Crippen LogP contribution in [0.15, 0.2) is 191 Å². The second-order valence-corrected chi connectivity index (χ2v) is 35.8. The monoisotopic (exact) mass is 1890 g/mol. The summed E-state index contributed by atoms with van der Waals surface area (Å²) in [5.74, 6) is 0.978. The van der Waals surface area contributed by atoms with Gasteiger partial charge in [-0.05, 0) is 225 Å². The van der Waals surface area contributed by atoms with E-state index in [0.29, 0.717) is 88.6 Å². The summed E-state index contributed by atoms with van der Waals surface area (Å²) in [5.41, 5.74) is 53.0. The molecule has 16 aromatic heterocycles. The Morgan fingerprint density at radius 2 is 0.784 bits per heavy atom. The van der Waals surface area contributed by atoms with Gasteiger partial charge in [0.05, 0.1) is 119 Å². The first-order valence-corrected chi connectivity index (χ1v) is 45.8. The van der Waals surface area contributed by atoms with Crippen LogP contribution in [0.1, 0.15) is 277 Å². The lowest BCUT2D eigenvalue weighted by molar-refractivity contribution is 0.0993. The lowest BCUT2D eigenvalue weighted by Crippen LogP contribution is -2.13. The highest BCUT2D eigenvalue weighted by molar-refractivity contribution is 5.93. The summed E-state index contributed by atoms with van der Waals surface area (Å²) < 4.78 is 21.7. The fraction of sp³-hybridized carbons (Fsp3) is 0.394. The summed E-state index contributed by atoms with van der Waals surface area (Å²) in [6.45, 7) is 50.8. The number of nitrogen functional groups attached to an aromatic ring is 5. The van der Waals surface area contributed by atoms with Crippen LogP contribution >= 0.6 is 0 Å². The first-order chi connectivity index (χ1) is 65.4. The van der Waals surface area contributed by atoms with Gasteiger partial charge in [-0.3, -0.25) is 19.1 Å². The maximum atomic E-state index is 10.8. The molecule has 0 spiro atoms. The number of Topliss-reactive ketones (excluding diaryl/α,β-unsaturated/α-hetero) is 2. The normalized spacial score (nSPS) is 11.0. The molecular formula is C99H139N37O3. The number of rotatable bonds is 15. The topological polar surface area (TPSA) is 510 Å². The number of pyridine rings is 3. The average molecular weight is 1900 g/mol. The summed E-state index contributed by atoms with van der Waals surface area (Å²) in [6.07, 6.45) is 29.6. The Bertz CT molecular complexity index is 6340. The van der Waals surface area contributed by atoms with Crippen molar-refractivity contribution in [3.05, 3.63) is 214 Å². The predicted octanol–water partition coefficient (Wildman–Crippen LogP) is 18.9. The largest absolute Gasteiger partial charge is 0.397 e. The number of hydrogen-bond acceptors (Lipinski definition) is 28. The van der Waals surface area contributed by atoms with Gasteiger partial charge in [0.25, 0.3) is 5.91 Å². The Morgan fingerprint density at radius 3 is 1.22 bits per heavy atom. The second kappa shape index (κ2) is 49.6. The van der Waals surface area contributed by atoms with Gasteiger partial charge in [-0.1, -0.05) is 36.9 Å². The zero-order chi connectivity index (χ0) is 101. The van der Waals surface area contributed by atoms with Crippen LogP contribution in [-0.4, -0.2) is 177 Å². The van der Waals surface area contributed by atoms with E-state index in [0.717, 1.165) is 94.6 Å². The standard InChI is InChI=1S/C10H15N5.3C10H13N3.C10H12N2.3C9H12N4.3C7H11N3O.CH4/c1-7(2)15-6-12-8-5-11-10(14(3)4)13-9(8)15;1-7(2)13-6-12-9-8(3)4-5-11-10(9)13;2*1-7(2)13-6-12-10-8(11)4-3-5-9(10)13;1-8(2)12-7-11-9-5-3-4-6-10(9)12;2*1-6(2)13-5-12-8-7(10)3-4-11-9(8)13;1-6(2)13-4-3-7-8(10)11-5-12-9(7)13;1-5(2)10-4-8-7(9-10)6(3)11;1-5(2)10-4-7(6(3)11)8-9-10;1-5(2)10-4-6(3-9-10)7(8)11;/h5-7H,1-4H3;4-7H,1-3H3;2*3-7H,11H2,1-2H3;3-8H,1-2H3;2*3-6H,1-2H3,(H2,10,11);3-6H,1-2H3,(H2,10,11,12);2*4-5H,1-3H3;3-5H,1-2H3,(H2,8,11);1H4. The fourth-order valence-corrected chi connectivity index (χ4v) is 13.4. The van der Waals surface area contributed by atoms with Crippen LogP contribution in [0.5, 0.6) is 0 Å². The number of para-hydroxylation sites is 4. The Morgan fingerprint density at radius 1 is 0.360 bits per heavy atom. The molecule has 40 heteroatoms. The Balaban J connectivity index is 0.000000188. The molecule has 12 N–H and O–H groups in total. The number of imidazole rings is 7. The molecule has 40 nitrogen and oxygen atoms in total. The molecule has 0 aliphatic rings. The van der Waals surface area contributed by atoms with Crippen molar-refractivity contribution in [3.63, 3.8) is 0 Å². The van der Waals surface area contributed by atoms with Gasteiger partial charge in [-0.2, -0.15) is 10.1 Å². The zero-order valence-corrected chi connectivity index (χ0v) is 84.3. The number of anilines is 6. The number of carbonyl (C=O) groups excluding carboxylic acids is 3. The third-order valence-electron chi connectivity index (χ3n) is 21.3. The van der Waals surface area contributed by atoms with Gasteiger partial charge < -0.3 is 75.8 Å². The first kappa shape index (κ1) is 109. The van der Waals surface area contributed by atoms with Crippen molar-refractivity contribution < 1.29 is 14.4 Å². The number of ketones is 2. The van der Waals surface area contributed by atoms with Crippen molar-refractivity contribution in [2.24, 2.45) is 5.73 Å². The SMILES string of the molecule is C.CC(=O)c1cn(C(C)C)nn1.CC(=O)c1ncn(C(C)C)n1.CC(C)n1cc(C(N)=O)cn1.CC(C)n1ccc2c(N)ncnc21.CC(C)n1cnc2c(N)cccc21.CC(C)n1cnc2c(N)cccc21.CC(C)n1cnc2c(N)ccnc21.CC(C)n1cnc2c(N)ccnc21.CC(C)n1cnc2ccccc21.CC(C)n1cnc2cnc(N(C)C)nc21.Cc1ccnc2c1ncn2C(C)C. The van der Waals surface area contributed by atoms with Crippen molar-refractivity contribution in [1.29, 1.82) is 0 Å². The van der Waals surface area contributed by atoms with Gasteiger partial charge in [0, 0.05) is 125 Å². The third-order valence-corrected chi connectivity index (χ3v) is 21.3. The molecule has 0 fully saturated rings. The second-order valence-electron chi connectivity index (χ2n) is 35.8. The lowest BCUT2D eigenvalue weighted by atomic mass is 10.2. The third kappa shape index (κ3) is 28.0. The molecule has 16 heterocycles. The Labute approximate surface area is 811 Å². The Kier molecular flexibility index (Phi) is 38.7. The van der Waals surface area contributed by atoms with E-state index in [9.17, 15) is 14.4 Å². The molecule has 738 valence electrons. The predicted molar refractivity (Wildman–Crippen MR) is 558 cm³/mol. The molecule has 0 atom stereocenters. The minimum Gasteiger partial charge on any atom is -0.397 e. The molecule has 0 unspecified atom stereocenters. The molecule has 0 aliphatic carbocycles. The summed E-state index contributed by atoms with van der Waals surface area (Å²) in [4.78, 5) is 97.4. The van der Waals surface area contributed by atoms with Gasteiger partial charge >= 0.3 is 0 Å². The van der Waals surface area contributed by atoms with E-state index in [1.165, 1.54) is 37.5 Å². The van der Waals surface area contributed by atoms with Crippen molar-refractivity contribution >= 4 is 141 Å². The van der Waals surface area contributed by atoms with Crippen LogP contribution in [0.3, 0.4) is 0 Å². The maximum Gasteiger partial charge on any atom is 0.251 e. The average Bonchev–Trinajstić information content (AvgIpc) is 1.66.